The largest absolute Gasteiger partial charge is 0.507 e. The number of hydrogen-bond donors (Lipinski definition) is 1. The van der Waals surface area contributed by atoms with Crippen LogP contribution in [0.5, 0.6) is 11.5 Å². The van der Waals surface area contributed by atoms with Crippen LogP contribution in [-0.4, -0.2) is 23.4 Å². The Balaban J connectivity index is 1.93. The molecule has 0 aliphatic heterocycles. The van der Waals surface area contributed by atoms with E-state index in [1.54, 1.807) is 31.5 Å². The Morgan fingerprint density at radius 1 is 1.25 bits per heavy atom. The second-order valence-corrected chi connectivity index (χ2v) is 5.16. The molecular weight excluding hydrogens is 272 g/mol. The molecule has 0 unspecified atom stereocenters. The molecule has 20 heavy (non-hydrogen) atoms. The number of fused-ring (bicyclic) bond motifs is 1. The monoisotopic (exact) mass is 284 g/mol. The topological polar surface area (TPSA) is 54.7 Å². The molecule has 0 amide bonds. The van der Waals surface area contributed by atoms with Crippen LogP contribution in [0.2, 0.25) is 0 Å². The lowest BCUT2D eigenvalue weighted by Crippen LogP contribution is -1.86. The van der Waals surface area contributed by atoms with E-state index >= 15 is 0 Å². The second kappa shape index (κ2) is 5.30. The highest BCUT2D eigenvalue weighted by atomic mass is 32.1. The maximum absolute atomic E-state index is 9.78. The summed E-state index contributed by atoms with van der Waals surface area (Å²) in [5, 5.41) is 10.4. The quantitative estimate of drug-likeness (QED) is 0.745. The summed E-state index contributed by atoms with van der Waals surface area (Å²) in [5.41, 5.74) is 1.53. The summed E-state index contributed by atoms with van der Waals surface area (Å²) in [7, 11) is 1.58. The lowest BCUT2D eigenvalue weighted by molar-refractivity contribution is 0.412. The Hall–Kier alpha value is -2.40. The molecule has 0 fully saturated rings. The third kappa shape index (κ3) is 2.48. The number of aromatic nitrogens is 1. The van der Waals surface area contributed by atoms with Gasteiger partial charge in [0, 0.05) is 11.8 Å². The number of phenols is 1. The summed E-state index contributed by atoms with van der Waals surface area (Å²) in [4.78, 5) is 8.72. The van der Waals surface area contributed by atoms with Crippen LogP contribution in [0, 0.1) is 0 Å². The fraction of sp³-hybridized carbons (Fsp3) is 0.0667. The molecule has 0 spiro atoms. The van der Waals surface area contributed by atoms with Gasteiger partial charge in [-0.15, -0.1) is 0 Å². The summed E-state index contributed by atoms with van der Waals surface area (Å²) in [6, 6.07) is 12.9. The molecule has 1 aromatic heterocycles. The van der Waals surface area contributed by atoms with Crippen LogP contribution < -0.4 is 4.74 Å². The summed E-state index contributed by atoms with van der Waals surface area (Å²) in [5.74, 6) is 0.837. The highest BCUT2D eigenvalue weighted by molar-refractivity contribution is 7.22. The Kier molecular flexibility index (Phi) is 3.35. The van der Waals surface area contributed by atoms with E-state index in [1.807, 2.05) is 24.3 Å². The Labute approximate surface area is 120 Å². The molecular formula is C15H12N2O2S. The summed E-state index contributed by atoms with van der Waals surface area (Å²) in [6.45, 7) is 0. The number of aromatic hydroxyl groups is 1. The highest BCUT2D eigenvalue weighted by Crippen LogP contribution is 2.28. The third-order valence-corrected chi connectivity index (χ3v) is 3.78. The number of phenolic OH excluding ortho intramolecular Hbond substituents is 1. The molecule has 100 valence electrons. The smallest absolute Gasteiger partial charge is 0.210 e. The highest BCUT2D eigenvalue weighted by Gasteiger charge is 2.03. The molecule has 0 aliphatic carbocycles. The van der Waals surface area contributed by atoms with Crippen LogP contribution in [-0.2, 0) is 0 Å². The van der Waals surface area contributed by atoms with Crippen molar-refractivity contribution in [3.63, 3.8) is 0 Å². The van der Waals surface area contributed by atoms with Gasteiger partial charge >= 0.3 is 0 Å². The van der Waals surface area contributed by atoms with E-state index < -0.39 is 0 Å². The number of hydrogen-bond acceptors (Lipinski definition) is 5. The number of benzene rings is 2. The molecule has 3 aromatic rings. The standard InChI is InChI=1S/C15H12N2O2S/c1-19-11-6-7-13(18)10(8-11)9-16-15-17-12-4-2-3-5-14(12)20-15/h2-9,18H,1H3/b16-9+. The molecule has 4 nitrogen and oxygen atoms in total. The molecule has 5 heteroatoms. The number of rotatable bonds is 3. The molecule has 2 aromatic carbocycles. The van der Waals surface area contributed by atoms with Gasteiger partial charge in [0.15, 0.2) is 0 Å². The fourth-order valence-corrected chi connectivity index (χ4v) is 2.61. The van der Waals surface area contributed by atoms with Crippen LogP contribution in [0.4, 0.5) is 5.13 Å². The molecule has 0 atom stereocenters. The van der Waals surface area contributed by atoms with Gasteiger partial charge in [0.2, 0.25) is 5.13 Å². The predicted octanol–water partition coefficient (Wildman–Crippen LogP) is 3.76. The first-order valence-corrected chi connectivity index (χ1v) is 6.84. The number of thiazole rings is 1. The first-order valence-electron chi connectivity index (χ1n) is 6.03. The van der Waals surface area contributed by atoms with Crippen LogP contribution in [0.15, 0.2) is 47.5 Å². The van der Waals surface area contributed by atoms with Crippen LogP contribution in [0.3, 0.4) is 0 Å². The van der Waals surface area contributed by atoms with Gasteiger partial charge in [-0.1, -0.05) is 23.5 Å². The second-order valence-electron chi connectivity index (χ2n) is 4.15. The minimum Gasteiger partial charge on any atom is -0.507 e. The van der Waals surface area contributed by atoms with Gasteiger partial charge in [0.05, 0.1) is 17.3 Å². The van der Waals surface area contributed by atoms with Gasteiger partial charge in [0.25, 0.3) is 0 Å². The van der Waals surface area contributed by atoms with Crippen molar-refractivity contribution in [2.24, 2.45) is 4.99 Å². The van der Waals surface area contributed by atoms with Gasteiger partial charge in [0.1, 0.15) is 11.5 Å². The van der Waals surface area contributed by atoms with Crippen molar-refractivity contribution >= 4 is 32.9 Å². The molecule has 0 saturated heterocycles. The zero-order valence-corrected chi connectivity index (χ0v) is 11.6. The average molecular weight is 284 g/mol. The minimum absolute atomic E-state index is 0.163. The van der Waals surface area contributed by atoms with Gasteiger partial charge in [-0.2, -0.15) is 0 Å². The van der Waals surface area contributed by atoms with Gasteiger partial charge < -0.3 is 9.84 Å². The zero-order valence-electron chi connectivity index (χ0n) is 10.8. The number of ether oxygens (including phenoxy) is 1. The first kappa shape index (κ1) is 12.6. The average Bonchev–Trinajstić information content (AvgIpc) is 2.89. The Morgan fingerprint density at radius 3 is 2.90 bits per heavy atom. The van der Waals surface area contributed by atoms with E-state index in [2.05, 4.69) is 9.98 Å². The zero-order chi connectivity index (χ0) is 13.9. The van der Waals surface area contributed by atoms with Crippen LogP contribution in [0.1, 0.15) is 5.56 Å². The van der Waals surface area contributed by atoms with Gasteiger partial charge in [-0.05, 0) is 30.3 Å². The molecule has 0 radical (unpaired) electrons. The number of aliphatic imine (C=N–C) groups is 1. The molecule has 1 N–H and O–H groups in total. The van der Waals surface area contributed by atoms with Crippen molar-refractivity contribution in [2.75, 3.05) is 7.11 Å². The lowest BCUT2D eigenvalue weighted by Gasteiger charge is -2.02. The third-order valence-electron chi connectivity index (χ3n) is 2.83. The van der Waals surface area contributed by atoms with Gasteiger partial charge in [-0.25, -0.2) is 9.98 Å². The Bertz CT molecular complexity index is 747. The van der Waals surface area contributed by atoms with Crippen molar-refractivity contribution in [1.82, 2.24) is 4.98 Å². The summed E-state index contributed by atoms with van der Waals surface area (Å²) < 4.78 is 6.22. The predicted molar refractivity (Wildman–Crippen MR) is 81.5 cm³/mol. The van der Waals surface area contributed by atoms with Crippen LogP contribution >= 0.6 is 11.3 Å². The normalized spacial score (nSPS) is 11.2. The van der Waals surface area contributed by atoms with Crippen molar-refractivity contribution in [3.05, 3.63) is 48.0 Å². The number of nitrogens with zero attached hydrogens (tertiary/aromatic N) is 2. The molecule has 0 saturated carbocycles. The van der Waals surface area contributed by atoms with E-state index in [0.717, 1.165) is 10.2 Å². The van der Waals surface area contributed by atoms with E-state index in [-0.39, 0.29) is 5.75 Å². The maximum atomic E-state index is 9.78. The molecule has 0 bridgehead atoms. The van der Waals surface area contributed by atoms with E-state index in [9.17, 15) is 5.11 Å². The Morgan fingerprint density at radius 2 is 2.10 bits per heavy atom. The van der Waals surface area contributed by atoms with E-state index in [0.29, 0.717) is 16.4 Å². The molecule has 0 aliphatic rings. The number of methoxy groups -OCH3 is 1. The van der Waals surface area contributed by atoms with E-state index in [4.69, 9.17) is 4.74 Å². The summed E-state index contributed by atoms with van der Waals surface area (Å²) >= 11 is 1.51. The van der Waals surface area contributed by atoms with Crippen molar-refractivity contribution in [1.29, 1.82) is 0 Å². The molecule has 3 rings (SSSR count). The van der Waals surface area contributed by atoms with Crippen LogP contribution in [0.25, 0.3) is 10.2 Å². The van der Waals surface area contributed by atoms with Crippen molar-refractivity contribution < 1.29 is 9.84 Å². The first-order chi connectivity index (χ1) is 9.76. The van der Waals surface area contributed by atoms with Gasteiger partial charge in [-0.3, -0.25) is 0 Å². The van der Waals surface area contributed by atoms with E-state index in [1.165, 1.54) is 11.3 Å². The van der Waals surface area contributed by atoms with Crippen molar-refractivity contribution in [3.8, 4) is 11.5 Å². The minimum atomic E-state index is 0.163. The van der Waals surface area contributed by atoms with Crippen molar-refractivity contribution in [2.45, 2.75) is 0 Å². The summed E-state index contributed by atoms with van der Waals surface area (Å²) in [6.07, 6.45) is 1.59. The molecule has 1 heterocycles. The fourth-order valence-electron chi connectivity index (χ4n) is 1.80. The maximum Gasteiger partial charge on any atom is 0.210 e. The number of para-hydroxylation sites is 1. The SMILES string of the molecule is COc1ccc(O)c(/C=N/c2nc3ccccc3s2)c1. The lowest BCUT2D eigenvalue weighted by atomic mass is 10.2.